The van der Waals surface area contributed by atoms with Crippen molar-refractivity contribution in [1.82, 2.24) is 10.2 Å². The molecule has 2 amide bonds. The number of carbonyl (C=O) groups is 2. The van der Waals surface area contributed by atoms with E-state index in [-0.39, 0.29) is 11.8 Å². The molecule has 1 N–H and O–H groups in total. The molecule has 1 aromatic heterocycles. The molecule has 1 aliphatic heterocycles. The average Bonchev–Trinajstić information content (AvgIpc) is 3.43. The Hall–Kier alpha value is -2.34. The fourth-order valence-electron chi connectivity index (χ4n) is 3.42. The molecule has 28 heavy (non-hydrogen) atoms. The van der Waals surface area contributed by atoms with Gasteiger partial charge in [-0.25, -0.2) is 0 Å². The van der Waals surface area contributed by atoms with Crippen LogP contribution in [-0.4, -0.2) is 42.5 Å². The van der Waals surface area contributed by atoms with Crippen molar-refractivity contribution in [3.8, 4) is 5.75 Å². The molecule has 1 saturated heterocycles. The quantitative estimate of drug-likeness (QED) is 0.803. The monoisotopic (exact) mass is 398 g/mol. The van der Waals surface area contributed by atoms with Gasteiger partial charge in [-0.05, 0) is 74.9 Å². The maximum absolute atomic E-state index is 12.5. The first kappa shape index (κ1) is 19.0. The molecule has 2 heterocycles. The van der Waals surface area contributed by atoms with E-state index in [0.29, 0.717) is 24.1 Å². The van der Waals surface area contributed by atoms with Crippen LogP contribution in [-0.2, 0) is 0 Å². The van der Waals surface area contributed by atoms with Crippen LogP contribution in [0.3, 0.4) is 0 Å². The summed E-state index contributed by atoms with van der Waals surface area (Å²) in [6.07, 6.45) is 4.09. The van der Waals surface area contributed by atoms with E-state index in [1.165, 1.54) is 4.88 Å². The van der Waals surface area contributed by atoms with Crippen LogP contribution in [0.5, 0.6) is 5.75 Å². The van der Waals surface area contributed by atoms with Crippen molar-refractivity contribution < 1.29 is 14.3 Å². The van der Waals surface area contributed by atoms with Crippen LogP contribution in [0, 0.1) is 12.8 Å². The van der Waals surface area contributed by atoms with Crippen molar-refractivity contribution in [1.29, 1.82) is 0 Å². The number of hydrogen-bond donors (Lipinski definition) is 1. The molecule has 2 aliphatic rings. The van der Waals surface area contributed by atoms with Crippen LogP contribution in [0.4, 0.5) is 0 Å². The molecule has 5 nitrogen and oxygen atoms in total. The normalized spacial score (nSPS) is 17.4. The van der Waals surface area contributed by atoms with Crippen LogP contribution in [0.1, 0.15) is 50.6 Å². The summed E-state index contributed by atoms with van der Waals surface area (Å²) in [6, 6.07) is 11.6. The van der Waals surface area contributed by atoms with Crippen molar-refractivity contribution in [2.75, 3.05) is 19.7 Å². The molecular formula is C22H26N2O3S. The highest BCUT2D eigenvalue weighted by molar-refractivity contribution is 7.13. The van der Waals surface area contributed by atoms with Gasteiger partial charge in [0.05, 0.1) is 11.5 Å². The lowest BCUT2D eigenvalue weighted by Gasteiger charge is -2.31. The predicted molar refractivity (Wildman–Crippen MR) is 110 cm³/mol. The zero-order valence-corrected chi connectivity index (χ0v) is 17.0. The maximum Gasteiger partial charge on any atom is 0.263 e. The number of aryl methyl sites for hydroxylation is 1. The lowest BCUT2D eigenvalue weighted by Crippen LogP contribution is -2.39. The number of likely N-dealkylation sites (tertiary alicyclic amines) is 1. The van der Waals surface area contributed by atoms with E-state index in [1.54, 1.807) is 11.3 Å². The minimum absolute atomic E-state index is 0.00739. The van der Waals surface area contributed by atoms with Gasteiger partial charge in [-0.15, -0.1) is 11.3 Å². The molecule has 0 spiro atoms. The van der Waals surface area contributed by atoms with E-state index in [1.807, 2.05) is 48.2 Å². The number of piperidine rings is 1. The lowest BCUT2D eigenvalue weighted by atomic mass is 9.97. The van der Waals surface area contributed by atoms with Crippen LogP contribution >= 0.6 is 11.3 Å². The Morgan fingerprint density at radius 2 is 1.79 bits per heavy atom. The van der Waals surface area contributed by atoms with Gasteiger partial charge in [0.1, 0.15) is 5.75 Å². The molecule has 6 heteroatoms. The number of nitrogens with one attached hydrogen (secondary N) is 1. The minimum Gasteiger partial charge on any atom is -0.493 e. The molecular weight excluding hydrogens is 372 g/mol. The van der Waals surface area contributed by atoms with E-state index in [0.717, 1.165) is 49.4 Å². The van der Waals surface area contributed by atoms with Gasteiger partial charge >= 0.3 is 0 Å². The first-order chi connectivity index (χ1) is 13.6. The molecule has 148 valence electrons. The lowest BCUT2D eigenvalue weighted by molar-refractivity contribution is 0.0665. The number of benzene rings is 1. The third-order valence-corrected chi connectivity index (χ3v) is 6.36. The topological polar surface area (TPSA) is 58.6 Å². The number of rotatable bonds is 6. The van der Waals surface area contributed by atoms with Gasteiger partial charge in [0.25, 0.3) is 11.8 Å². The molecule has 4 rings (SSSR count). The highest BCUT2D eigenvalue weighted by Gasteiger charge is 2.25. The van der Waals surface area contributed by atoms with Gasteiger partial charge < -0.3 is 15.0 Å². The Morgan fingerprint density at radius 1 is 1.07 bits per heavy atom. The van der Waals surface area contributed by atoms with Gasteiger partial charge in [0.2, 0.25) is 0 Å². The van der Waals surface area contributed by atoms with Crippen LogP contribution < -0.4 is 10.1 Å². The van der Waals surface area contributed by atoms with Crippen molar-refractivity contribution in [2.45, 2.75) is 38.6 Å². The summed E-state index contributed by atoms with van der Waals surface area (Å²) in [5.74, 6) is 1.38. The molecule has 0 radical (unpaired) electrons. The predicted octanol–water partition coefficient (Wildman–Crippen LogP) is 3.88. The van der Waals surface area contributed by atoms with Crippen LogP contribution in [0.15, 0.2) is 36.4 Å². The minimum atomic E-state index is -0.00739. The number of amides is 2. The molecule has 1 aromatic carbocycles. The van der Waals surface area contributed by atoms with Crippen LogP contribution in [0.25, 0.3) is 0 Å². The Bertz CT molecular complexity index is 834. The number of thiophene rings is 1. The van der Waals surface area contributed by atoms with Crippen molar-refractivity contribution in [3.63, 3.8) is 0 Å². The molecule has 0 atom stereocenters. The smallest absolute Gasteiger partial charge is 0.263 e. The first-order valence-corrected chi connectivity index (χ1v) is 10.8. The average molecular weight is 399 g/mol. The van der Waals surface area contributed by atoms with Gasteiger partial charge in [-0.1, -0.05) is 0 Å². The van der Waals surface area contributed by atoms with Crippen LogP contribution in [0.2, 0.25) is 0 Å². The summed E-state index contributed by atoms with van der Waals surface area (Å²) < 4.78 is 5.92. The molecule has 1 saturated carbocycles. The van der Waals surface area contributed by atoms with E-state index < -0.39 is 0 Å². The molecule has 0 unspecified atom stereocenters. The molecule has 2 aromatic rings. The van der Waals surface area contributed by atoms with Crippen molar-refractivity contribution in [2.24, 2.45) is 5.92 Å². The first-order valence-electron chi connectivity index (χ1n) is 9.98. The summed E-state index contributed by atoms with van der Waals surface area (Å²) in [7, 11) is 0. The molecule has 1 aliphatic carbocycles. The third-order valence-electron chi connectivity index (χ3n) is 5.37. The zero-order chi connectivity index (χ0) is 19.5. The second kappa shape index (κ2) is 8.35. The fourth-order valence-corrected chi connectivity index (χ4v) is 4.26. The van der Waals surface area contributed by atoms with E-state index in [9.17, 15) is 9.59 Å². The molecule has 2 fully saturated rings. The Kier molecular flexibility index (Phi) is 5.67. The summed E-state index contributed by atoms with van der Waals surface area (Å²) in [5, 5.41) is 2.99. The summed E-state index contributed by atoms with van der Waals surface area (Å²) in [6.45, 7) is 4.24. The summed E-state index contributed by atoms with van der Waals surface area (Å²) in [4.78, 5) is 28.5. The maximum atomic E-state index is 12.5. The van der Waals surface area contributed by atoms with Crippen molar-refractivity contribution >= 4 is 23.2 Å². The number of hydrogen-bond acceptors (Lipinski definition) is 4. The van der Waals surface area contributed by atoms with Crippen molar-refractivity contribution in [3.05, 3.63) is 51.7 Å². The Morgan fingerprint density at radius 3 is 2.39 bits per heavy atom. The van der Waals surface area contributed by atoms with E-state index in [4.69, 9.17) is 4.74 Å². The number of ether oxygens (including phenoxy) is 1. The fraction of sp³-hybridized carbons (Fsp3) is 0.455. The SMILES string of the molecule is Cc1ccc(C(=O)N2CCC(COc3ccc(C(=O)NC4CC4)cc3)CC2)s1. The second-order valence-electron chi connectivity index (χ2n) is 7.73. The van der Waals surface area contributed by atoms with Gasteiger partial charge in [0, 0.05) is 29.6 Å². The Labute approximate surface area is 169 Å². The number of carbonyl (C=O) groups excluding carboxylic acids is 2. The largest absolute Gasteiger partial charge is 0.493 e. The van der Waals surface area contributed by atoms with E-state index in [2.05, 4.69) is 5.32 Å². The van der Waals surface area contributed by atoms with Gasteiger partial charge in [-0.3, -0.25) is 9.59 Å². The van der Waals surface area contributed by atoms with E-state index >= 15 is 0 Å². The van der Waals surface area contributed by atoms with Gasteiger partial charge in [0.15, 0.2) is 0 Å². The highest BCUT2D eigenvalue weighted by atomic mass is 32.1. The molecule has 0 bridgehead atoms. The third kappa shape index (κ3) is 4.73. The van der Waals surface area contributed by atoms with Gasteiger partial charge in [-0.2, -0.15) is 0 Å². The zero-order valence-electron chi connectivity index (χ0n) is 16.1. The summed E-state index contributed by atoms with van der Waals surface area (Å²) in [5.41, 5.74) is 0.676. The second-order valence-corrected chi connectivity index (χ2v) is 9.02. The standard InChI is InChI=1S/C22H26N2O3S/c1-15-2-9-20(28-15)22(26)24-12-10-16(11-13-24)14-27-19-7-3-17(4-8-19)21(25)23-18-5-6-18/h2-4,7-9,16,18H,5-6,10-14H2,1H3,(H,23,25). The number of nitrogens with zero attached hydrogens (tertiary/aromatic N) is 1. The highest BCUT2D eigenvalue weighted by Crippen LogP contribution is 2.24. The summed E-state index contributed by atoms with van der Waals surface area (Å²) >= 11 is 1.56. The Balaban J connectivity index is 1.22.